The molecule has 0 aromatic rings. The summed E-state index contributed by atoms with van der Waals surface area (Å²) in [7, 11) is 1.45. The van der Waals surface area contributed by atoms with Crippen LogP contribution in [-0.4, -0.2) is 74.9 Å². The van der Waals surface area contributed by atoms with Gasteiger partial charge in [0.2, 0.25) is 0 Å². The molecular formula is C44H83NO8P+. The number of quaternary nitrogens is 1. The largest absolute Gasteiger partial charge is 0.472 e. The highest BCUT2D eigenvalue weighted by molar-refractivity contribution is 7.47. The third kappa shape index (κ3) is 39.9. The van der Waals surface area contributed by atoms with Gasteiger partial charge in [-0.1, -0.05) is 134 Å². The molecule has 0 aliphatic rings. The lowest BCUT2D eigenvalue weighted by Crippen LogP contribution is -2.37. The molecule has 9 nitrogen and oxygen atoms in total. The van der Waals surface area contributed by atoms with Crippen molar-refractivity contribution in [3.63, 3.8) is 0 Å². The Bertz CT molecular complexity index is 1020. The van der Waals surface area contributed by atoms with Gasteiger partial charge in [-0.2, -0.15) is 0 Å². The van der Waals surface area contributed by atoms with Crippen molar-refractivity contribution in [2.24, 2.45) is 0 Å². The zero-order valence-corrected chi connectivity index (χ0v) is 36.3. The number of rotatable bonds is 39. The molecule has 316 valence electrons. The van der Waals surface area contributed by atoms with Crippen LogP contribution in [0.1, 0.15) is 181 Å². The lowest BCUT2D eigenvalue weighted by Gasteiger charge is -2.24. The highest BCUT2D eigenvalue weighted by Gasteiger charge is 2.27. The molecule has 54 heavy (non-hydrogen) atoms. The molecule has 0 heterocycles. The predicted octanol–water partition coefficient (Wildman–Crippen LogP) is 12.1. The van der Waals surface area contributed by atoms with Crippen LogP contribution in [0.25, 0.3) is 0 Å². The second kappa shape index (κ2) is 36.8. The van der Waals surface area contributed by atoms with Gasteiger partial charge in [-0.3, -0.25) is 18.6 Å². The van der Waals surface area contributed by atoms with Crippen molar-refractivity contribution in [3.8, 4) is 0 Å². The lowest BCUT2D eigenvalue weighted by molar-refractivity contribution is -0.870. The van der Waals surface area contributed by atoms with Crippen LogP contribution in [0.15, 0.2) is 36.5 Å². The van der Waals surface area contributed by atoms with E-state index in [0.29, 0.717) is 23.9 Å². The second-order valence-electron chi connectivity index (χ2n) is 15.7. The van der Waals surface area contributed by atoms with E-state index in [0.717, 1.165) is 57.8 Å². The molecule has 0 saturated heterocycles. The van der Waals surface area contributed by atoms with Gasteiger partial charge in [-0.15, -0.1) is 0 Å². The van der Waals surface area contributed by atoms with Gasteiger partial charge in [0.1, 0.15) is 19.8 Å². The quantitative estimate of drug-likeness (QED) is 0.0216. The number of phosphoric ester groups is 1. The van der Waals surface area contributed by atoms with Gasteiger partial charge >= 0.3 is 19.8 Å². The standard InChI is InChI=1S/C44H82NO8P/c1-6-8-10-12-14-16-18-20-22-24-26-28-30-32-34-36-43(46)50-40-42(41-52-54(48,49)51-39-38-45(3,4)5)53-44(47)37-35-33-31-29-27-25-23-21-19-17-15-13-11-9-7-2/h20-23,26,28,42H,6-19,24-25,27,29-41H2,1-5H3/p+1/b22-20+,23-21+,28-26+/t42-/m1/s1. The maximum absolute atomic E-state index is 12.7. The Balaban J connectivity index is 4.44. The fraction of sp³-hybridized carbons (Fsp3) is 0.818. The molecule has 0 aliphatic carbocycles. The average molecular weight is 785 g/mol. The first-order valence-corrected chi connectivity index (χ1v) is 23.2. The average Bonchev–Trinajstić information content (AvgIpc) is 3.12. The molecule has 10 heteroatoms. The molecule has 0 saturated carbocycles. The third-order valence-electron chi connectivity index (χ3n) is 9.14. The van der Waals surface area contributed by atoms with E-state index in [4.69, 9.17) is 18.5 Å². The van der Waals surface area contributed by atoms with Gasteiger partial charge in [0.05, 0.1) is 27.7 Å². The van der Waals surface area contributed by atoms with E-state index < -0.39 is 32.5 Å². The van der Waals surface area contributed by atoms with E-state index in [1.165, 1.54) is 83.5 Å². The van der Waals surface area contributed by atoms with E-state index in [9.17, 15) is 19.0 Å². The van der Waals surface area contributed by atoms with E-state index in [-0.39, 0.29) is 26.1 Å². The number of hydrogen-bond donors (Lipinski definition) is 1. The smallest absolute Gasteiger partial charge is 0.462 e. The third-order valence-corrected chi connectivity index (χ3v) is 10.1. The van der Waals surface area contributed by atoms with E-state index >= 15 is 0 Å². The summed E-state index contributed by atoms with van der Waals surface area (Å²) in [6.07, 6.45) is 40.5. The van der Waals surface area contributed by atoms with Gasteiger partial charge in [-0.25, -0.2) is 4.57 Å². The predicted molar refractivity (Wildman–Crippen MR) is 224 cm³/mol. The molecule has 0 bridgehead atoms. The summed E-state index contributed by atoms with van der Waals surface area (Å²) in [5.74, 6) is -0.846. The summed E-state index contributed by atoms with van der Waals surface area (Å²) in [4.78, 5) is 35.3. The first-order chi connectivity index (χ1) is 26.0. The molecule has 1 N–H and O–H groups in total. The number of ether oxygens (including phenoxy) is 2. The van der Waals surface area contributed by atoms with Crippen LogP contribution in [0.2, 0.25) is 0 Å². The number of unbranched alkanes of at least 4 members (excludes halogenated alkanes) is 19. The van der Waals surface area contributed by atoms with Crippen LogP contribution in [0.4, 0.5) is 0 Å². The van der Waals surface area contributed by atoms with Crippen LogP contribution in [-0.2, 0) is 32.7 Å². The Labute approximate surface area is 331 Å². The van der Waals surface area contributed by atoms with E-state index in [2.05, 4.69) is 50.3 Å². The van der Waals surface area contributed by atoms with E-state index in [1.54, 1.807) is 0 Å². The van der Waals surface area contributed by atoms with Crippen LogP contribution in [0, 0.1) is 0 Å². The van der Waals surface area contributed by atoms with Crippen molar-refractivity contribution < 1.29 is 42.1 Å². The van der Waals surface area contributed by atoms with E-state index in [1.807, 2.05) is 21.1 Å². The zero-order chi connectivity index (χ0) is 40.0. The van der Waals surface area contributed by atoms with Crippen LogP contribution < -0.4 is 0 Å². The molecule has 0 radical (unpaired) electrons. The summed E-state index contributed by atoms with van der Waals surface area (Å²) >= 11 is 0. The first kappa shape index (κ1) is 52.2. The molecule has 0 rings (SSSR count). The molecule has 0 aliphatic heterocycles. The normalized spacial score (nSPS) is 14.0. The monoisotopic (exact) mass is 785 g/mol. The molecule has 0 fully saturated rings. The van der Waals surface area contributed by atoms with Crippen molar-refractivity contribution in [2.45, 2.75) is 187 Å². The van der Waals surface area contributed by atoms with Gasteiger partial charge in [-0.05, 0) is 70.6 Å². The summed E-state index contributed by atoms with van der Waals surface area (Å²) in [6.45, 7) is 4.36. The maximum Gasteiger partial charge on any atom is 0.472 e. The number of likely N-dealkylation sites (N-methyl/N-ethyl adjacent to an activating group) is 1. The van der Waals surface area contributed by atoms with Crippen LogP contribution >= 0.6 is 7.82 Å². The highest BCUT2D eigenvalue weighted by Crippen LogP contribution is 2.43. The minimum absolute atomic E-state index is 0.0251. The SMILES string of the molecule is CCCCCCCC/C=C/C/C=C/CCCCC(=O)OC[C@H](COP(=O)(O)OCC[N+](C)(C)C)OC(=O)CCCCCCC/C=C/CCCCCCCC. The van der Waals surface area contributed by atoms with Gasteiger partial charge in [0, 0.05) is 12.8 Å². The molecular weight excluding hydrogens is 701 g/mol. The fourth-order valence-corrected chi connectivity index (χ4v) is 6.43. The summed E-state index contributed by atoms with van der Waals surface area (Å²) < 4.78 is 34.2. The van der Waals surface area contributed by atoms with Crippen molar-refractivity contribution >= 4 is 19.8 Å². The lowest BCUT2D eigenvalue weighted by atomic mass is 10.1. The fourth-order valence-electron chi connectivity index (χ4n) is 5.68. The minimum Gasteiger partial charge on any atom is -0.462 e. The Morgan fingerprint density at radius 3 is 1.52 bits per heavy atom. The number of carbonyl (C=O) groups excluding carboxylic acids is 2. The Hall–Kier alpha value is -1.77. The Morgan fingerprint density at radius 2 is 1.00 bits per heavy atom. The number of phosphoric acid groups is 1. The number of nitrogens with zero attached hydrogens (tertiary/aromatic N) is 1. The highest BCUT2D eigenvalue weighted by atomic mass is 31.2. The Kier molecular flexibility index (Phi) is 35.6. The second-order valence-corrected chi connectivity index (χ2v) is 17.2. The minimum atomic E-state index is -4.38. The molecule has 2 atom stereocenters. The number of allylic oxidation sites excluding steroid dienone is 6. The van der Waals surface area contributed by atoms with Crippen molar-refractivity contribution in [1.82, 2.24) is 0 Å². The molecule has 0 amide bonds. The van der Waals surface area contributed by atoms with Crippen LogP contribution in [0.3, 0.4) is 0 Å². The zero-order valence-electron chi connectivity index (χ0n) is 35.5. The molecule has 1 unspecified atom stereocenters. The Morgan fingerprint density at radius 1 is 0.574 bits per heavy atom. The molecule has 0 spiro atoms. The maximum atomic E-state index is 12.7. The first-order valence-electron chi connectivity index (χ1n) is 21.7. The number of carbonyl (C=O) groups is 2. The summed E-state index contributed by atoms with van der Waals surface area (Å²) in [6, 6.07) is 0. The van der Waals surface area contributed by atoms with Gasteiger partial charge in [0.25, 0.3) is 0 Å². The molecule has 0 aromatic carbocycles. The number of hydrogen-bond acceptors (Lipinski definition) is 7. The van der Waals surface area contributed by atoms with Crippen molar-refractivity contribution in [2.75, 3.05) is 47.5 Å². The van der Waals surface area contributed by atoms with Gasteiger partial charge in [0.15, 0.2) is 6.10 Å². The number of esters is 2. The van der Waals surface area contributed by atoms with Gasteiger partial charge < -0.3 is 18.9 Å². The van der Waals surface area contributed by atoms with Crippen molar-refractivity contribution in [1.29, 1.82) is 0 Å². The molecule has 0 aromatic heterocycles. The summed E-state index contributed by atoms with van der Waals surface area (Å²) in [5.41, 5.74) is 0. The van der Waals surface area contributed by atoms with Crippen LogP contribution in [0.5, 0.6) is 0 Å². The topological polar surface area (TPSA) is 108 Å². The van der Waals surface area contributed by atoms with Crippen molar-refractivity contribution in [3.05, 3.63) is 36.5 Å². The summed E-state index contributed by atoms with van der Waals surface area (Å²) in [5, 5.41) is 0.